The Morgan fingerprint density at radius 2 is 0.902 bits per heavy atom. The summed E-state index contributed by atoms with van der Waals surface area (Å²) in [4.78, 5) is 0.238. The van der Waals surface area contributed by atoms with Crippen molar-refractivity contribution in [3.8, 4) is 0 Å². The summed E-state index contributed by atoms with van der Waals surface area (Å²) in [5.74, 6) is 0. The van der Waals surface area contributed by atoms with Crippen LogP contribution in [-0.2, 0) is 24.7 Å². The van der Waals surface area contributed by atoms with E-state index in [1.165, 1.54) is 147 Å². The molecule has 0 atom stereocenters. The van der Waals surface area contributed by atoms with Crippen LogP contribution in [0.5, 0.6) is 0 Å². The molecule has 0 bridgehead atoms. The Kier molecular flexibility index (Phi) is 38.9. The van der Waals surface area contributed by atoms with E-state index in [-0.39, 0.29) is 49.2 Å². The maximum Gasteiger partial charge on any atom is 2.00 e. The zero-order valence-corrected chi connectivity index (χ0v) is 32.2. The summed E-state index contributed by atoms with van der Waals surface area (Å²) >= 11 is 1.41. The van der Waals surface area contributed by atoms with Crippen LogP contribution in [0.4, 0.5) is 0 Å². The average Bonchev–Trinajstić information content (AvgIpc) is 2.91. The monoisotopic (exact) mass is 654 g/mol. The van der Waals surface area contributed by atoms with Crippen LogP contribution in [0.2, 0.25) is 3.67 Å². The third kappa shape index (κ3) is 41.3. The first-order valence-corrected chi connectivity index (χ1v) is 19.8. The van der Waals surface area contributed by atoms with Gasteiger partial charge in [0.05, 0.1) is 11.5 Å². The quantitative estimate of drug-likeness (QED) is 0.0384. The van der Waals surface area contributed by atoms with Crippen LogP contribution in [0.3, 0.4) is 0 Å². The molecule has 1 rings (SSSR count). The Bertz CT molecular complexity index is 837. The molecule has 0 radical (unpaired) electrons. The van der Waals surface area contributed by atoms with E-state index in [1.54, 1.807) is 30.3 Å². The zero-order valence-electron chi connectivity index (χ0n) is 26.3. The molecule has 41 heavy (non-hydrogen) atoms. The molecule has 232 valence electrons. The number of benzene rings is 1. The van der Waals surface area contributed by atoms with Gasteiger partial charge in [0.25, 0.3) is 10.1 Å². The summed E-state index contributed by atoms with van der Waals surface area (Å²) in [7, 11) is -8.74. The number of hydrogen-bond donors (Lipinski definition) is 0. The van der Waals surface area contributed by atoms with Gasteiger partial charge in [-0.15, -0.1) is 0 Å². The first kappa shape index (κ1) is 46.7. The van der Waals surface area contributed by atoms with Crippen molar-refractivity contribution in [1.29, 1.82) is 0 Å². The Labute approximate surface area is 300 Å². The normalized spacial score (nSPS) is 11.1. The van der Waals surface area contributed by atoms with Gasteiger partial charge in [-0.3, -0.25) is 12.6 Å². The van der Waals surface area contributed by atoms with Gasteiger partial charge >= 0.3 is 140 Å². The second kappa shape index (κ2) is 34.1. The van der Waals surface area contributed by atoms with Gasteiger partial charge in [-0.25, -0.2) is 0 Å². The number of rotatable bonds is 23. The SMILES string of the molecule is CCCCCCCCCCCCOS(=O)(=O)c1ccccc1.CCCCCCCCCCC[CH2][Na].O=S(=O)([O-])[O-].[Ca+2]. The first-order valence-electron chi connectivity index (χ1n) is 15.7. The Morgan fingerprint density at radius 1 is 0.585 bits per heavy atom. The van der Waals surface area contributed by atoms with Crippen molar-refractivity contribution < 1.29 is 30.1 Å². The molecule has 0 aliphatic heterocycles. The molecular formula is C30H55CaNaO7S2. The summed E-state index contributed by atoms with van der Waals surface area (Å²) in [5, 5.41) is 0. The Balaban J connectivity index is -0.000000645. The van der Waals surface area contributed by atoms with E-state index in [1.807, 2.05) is 0 Å². The van der Waals surface area contributed by atoms with Crippen molar-refractivity contribution in [2.45, 2.75) is 151 Å². The first-order chi connectivity index (χ1) is 19.1. The number of hydrogen-bond acceptors (Lipinski definition) is 7. The summed E-state index contributed by atoms with van der Waals surface area (Å²) in [6.45, 7) is 4.81. The molecule has 0 aliphatic carbocycles. The van der Waals surface area contributed by atoms with Crippen molar-refractivity contribution in [2.75, 3.05) is 6.61 Å². The summed E-state index contributed by atoms with van der Waals surface area (Å²) < 4.78 is 64.4. The zero-order chi connectivity index (χ0) is 30.4. The fourth-order valence-corrected chi connectivity index (χ4v) is 5.61. The average molecular weight is 655 g/mol. The van der Waals surface area contributed by atoms with Crippen LogP contribution in [0.1, 0.15) is 142 Å². The molecule has 1 aromatic carbocycles. The van der Waals surface area contributed by atoms with Crippen molar-refractivity contribution >= 4 is 86.2 Å². The van der Waals surface area contributed by atoms with E-state index in [0.717, 1.165) is 12.8 Å². The van der Waals surface area contributed by atoms with E-state index in [4.69, 9.17) is 21.7 Å². The number of unbranched alkanes of at least 4 members (excludes halogenated alkanes) is 18. The van der Waals surface area contributed by atoms with E-state index in [9.17, 15) is 8.42 Å². The minimum atomic E-state index is -5.17. The van der Waals surface area contributed by atoms with Crippen LogP contribution < -0.4 is 0 Å². The molecule has 0 amide bonds. The molecule has 0 saturated carbocycles. The molecule has 1 aromatic rings. The van der Waals surface area contributed by atoms with Crippen LogP contribution in [0.15, 0.2) is 35.2 Å². The van der Waals surface area contributed by atoms with Crippen LogP contribution in [-0.4, -0.2) is 98.2 Å². The van der Waals surface area contributed by atoms with E-state index < -0.39 is 20.5 Å². The van der Waals surface area contributed by atoms with Gasteiger partial charge in [-0.2, -0.15) is 8.42 Å². The van der Waals surface area contributed by atoms with Gasteiger partial charge in [-0.1, -0.05) is 82.9 Å². The molecule has 0 fully saturated rings. The van der Waals surface area contributed by atoms with E-state index in [0.29, 0.717) is 0 Å². The molecule has 0 unspecified atom stereocenters. The van der Waals surface area contributed by atoms with Gasteiger partial charge in [0.15, 0.2) is 0 Å². The minimum absolute atomic E-state index is 0. The van der Waals surface area contributed by atoms with Crippen molar-refractivity contribution in [3.05, 3.63) is 30.3 Å². The summed E-state index contributed by atoms with van der Waals surface area (Å²) in [6.07, 6.45) is 27.0. The van der Waals surface area contributed by atoms with Crippen molar-refractivity contribution in [1.82, 2.24) is 0 Å². The van der Waals surface area contributed by atoms with E-state index in [2.05, 4.69) is 13.8 Å². The maximum atomic E-state index is 11.9. The van der Waals surface area contributed by atoms with Gasteiger partial charge in [-0.05, 0) is 18.6 Å². The van der Waals surface area contributed by atoms with Gasteiger partial charge in [0.2, 0.25) is 0 Å². The predicted octanol–water partition coefficient (Wildman–Crippen LogP) is 8.09. The second-order valence-corrected chi connectivity index (χ2v) is 13.8. The molecule has 0 saturated heterocycles. The third-order valence-electron chi connectivity index (χ3n) is 6.48. The van der Waals surface area contributed by atoms with Crippen molar-refractivity contribution in [3.63, 3.8) is 0 Å². The molecule has 0 aromatic heterocycles. The van der Waals surface area contributed by atoms with Crippen LogP contribution in [0.25, 0.3) is 0 Å². The summed E-state index contributed by atoms with van der Waals surface area (Å²) in [5.41, 5.74) is 0. The smallest absolute Gasteiger partial charge is 0.759 e. The summed E-state index contributed by atoms with van der Waals surface area (Å²) in [6, 6.07) is 8.33. The van der Waals surface area contributed by atoms with Gasteiger partial charge in [0, 0.05) is 10.4 Å². The Hall–Kier alpha value is 1.26. The van der Waals surface area contributed by atoms with E-state index >= 15 is 0 Å². The molecule has 0 N–H and O–H groups in total. The van der Waals surface area contributed by atoms with Gasteiger partial charge < -0.3 is 9.11 Å². The molecular weight excluding hydrogens is 600 g/mol. The predicted molar refractivity (Wildman–Crippen MR) is 170 cm³/mol. The fraction of sp³-hybridized carbons (Fsp3) is 0.800. The molecule has 0 heterocycles. The largest absolute Gasteiger partial charge is 2.00 e. The van der Waals surface area contributed by atoms with Crippen molar-refractivity contribution in [2.24, 2.45) is 0 Å². The third-order valence-corrected chi connectivity index (χ3v) is 8.51. The van der Waals surface area contributed by atoms with Crippen LogP contribution >= 0.6 is 0 Å². The van der Waals surface area contributed by atoms with Gasteiger partial charge in [0.1, 0.15) is 0 Å². The fourth-order valence-electron chi connectivity index (χ4n) is 4.15. The topological polar surface area (TPSA) is 124 Å². The molecule has 0 aliphatic rings. The minimum Gasteiger partial charge on any atom is -0.759 e. The van der Waals surface area contributed by atoms with Crippen LogP contribution in [0, 0.1) is 0 Å². The second-order valence-electron chi connectivity index (χ2n) is 10.4. The maximum absolute atomic E-state index is 11.9. The molecule has 0 spiro atoms. The molecule has 11 heteroatoms. The molecule has 7 nitrogen and oxygen atoms in total. The Morgan fingerprint density at radius 3 is 1.24 bits per heavy atom. The standard InChI is InChI=1S/C18H30O3S.C12H25.Ca.Na.H2O4S/c1-2-3-4-5-6-7-8-9-10-14-17-21-22(19,20)18-15-12-11-13-16-18;1-3-5-7-9-11-12-10-8-6-4-2;;;1-5(2,3)4/h11-13,15-16H,2-10,14,17H2,1H3;1,3-12H2,2H3;;;(H2,1,2,3,4)/q;;+2;;/p-2.